The van der Waals surface area contributed by atoms with Crippen molar-refractivity contribution in [3.8, 4) is 17.1 Å². The third kappa shape index (κ3) is 4.78. The van der Waals surface area contributed by atoms with Crippen molar-refractivity contribution in [3.63, 3.8) is 0 Å². The monoisotopic (exact) mass is 436 g/mol. The molecule has 31 heavy (non-hydrogen) atoms. The Balaban J connectivity index is 1.60. The standard InChI is InChI=1S/C24H28N4O2S/c1-3-30-23(29)20-13-15-26(16-14-20)17-27-24(31)28(21-11-9-18(2)10-12-21)22(25-27)19-7-5-4-6-8-19/h4-12,20H,3,13-17H2,1-2H3. The highest BCUT2D eigenvalue weighted by Crippen LogP contribution is 2.24. The lowest BCUT2D eigenvalue weighted by molar-refractivity contribution is -0.149. The molecule has 3 aromatic rings. The lowest BCUT2D eigenvalue weighted by Gasteiger charge is -2.30. The van der Waals surface area contributed by atoms with Crippen LogP contribution < -0.4 is 0 Å². The first-order valence-corrected chi connectivity index (χ1v) is 11.2. The average Bonchev–Trinajstić information content (AvgIpc) is 3.11. The Bertz CT molecular complexity index is 1080. The number of ether oxygens (including phenoxy) is 1. The second kappa shape index (κ2) is 9.58. The summed E-state index contributed by atoms with van der Waals surface area (Å²) in [7, 11) is 0. The molecule has 1 fully saturated rings. The van der Waals surface area contributed by atoms with Crippen LogP contribution in [0.1, 0.15) is 25.3 Å². The zero-order chi connectivity index (χ0) is 21.8. The molecule has 1 saturated heterocycles. The summed E-state index contributed by atoms with van der Waals surface area (Å²) in [4.78, 5) is 14.3. The van der Waals surface area contributed by atoms with Crippen molar-refractivity contribution in [2.45, 2.75) is 33.4 Å². The van der Waals surface area contributed by atoms with Crippen LogP contribution in [0.3, 0.4) is 0 Å². The van der Waals surface area contributed by atoms with Crippen molar-refractivity contribution in [1.29, 1.82) is 0 Å². The zero-order valence-electron chi connectivity index (χ0n) is 18.0. The fourth-order valence-electron chi connectivity index (χ4n) is 3.96. The van der Waals surface area contributed by atoms with Crippen LogP contribution in [0, 0.1) is 17.6 Å². The first-order valence-electron chi connectivity index (χ1n) is 10.8. The fourth-order valence-corrected chi connectivity index (χ4v) is 4.25. The Hall–Kier alpha value is -2.77. The Kier molecular flexibility index (Phi) is 6.63. The molecule has 0 saturated carbocycles. The van der Waals surface area contributed by atoms with E-state index in [-0.39, 0.29) is 11.9 Å². The van der Waals surface area contributed by atoms with Crippen LogP contribution in [0.4, 0.5) is 0 Å². The summed E-state index contributed by atoms with van der Waals surface area (Å²) in [6, 6.07) is 18.5. The minimum Gasteiger partial charge on any atom is -0.466 e. The molecule has 1 aliphatic heterocycles. The zero-order valence-corrected chi connectivity index (χ0v) is 18.8. The summed E-state index contributed by atoms with van der Waals surface area (Å²) in [6.45, 7) is 6.61. The Labute approximate surface area is 188 Å². The molecule has 0 N–H and O–H groups in total. The second-order valence-electron chi connectivity index (χ2n) is 7.93. The second-order valence-corrected chi connectivity index (χ2v) is 8.29. The predicted molar refractivity (Wildman–Crippen MR) is 123 cm³/mol. The van der Waals surface area contributed by atoms with E-state index < -0.39 is 0 Å². The van der Waals surface area contributed by atoms with Crippen molar-refractivity contribution in [2.75, 3.05) is 19.7 Å². The van der Waals surface area contributed by atoms with Gasteiger partial charge >= 0.3 is 5.97 Å². The molecule has 2 heterocycles. The van der Waals surface area contributed by atoms with Crippen molar-refractivity contribution in [1.82, 2.24) is 19.2 Å². The number of carbonyl (C=O) groups excluding carboxylic acids is 1. The van der Waals surface area contributed by atoms with Crippen LogP contribution in [0.2, 0.25) is 0 Å². The Morgan fingerprint density at radius 1 is 1.10 bits per heavy atom. The molecule has 0 unspecified atom stereocenters. The third-order valence-electron chi connectivity index (χ3n) is 5.70. The molecular weight excluding hydrogens is 408 g/mol. The number of nitrogens with zero attached hydrogens (tertiary/aromatic N) is 4. The maximum absolute atomic E-state index is 12.0. The van der Waals surface area contributed by atoms with E-state index in [9.17, 15) is 4.79 Å². The number of rotatable bonds is 6. The molecule has 1 aliphatic rings. The number of benzene rings is 2. The molecule has 0 spiro atoms. The van der Waals surface area contributed by atoms with Gasteiger partial charge in [-0.1, -0.05) is 48.0 Å². The normalized spacial score (nSPS) is 15.2. The van der Waals surface area contributed by atoms with E-state index in [1.165, 1.54) is 5.56 Å². The molecular formula is C24H28N4O2S. The van der Waals surface area contributed by atoms with E-state index >= 15 is 0 Å². The van der Waals surface area contributed by atoms with Gasteiger partial charge in [-0.2, -0.15) is 0 Å². The number of hydrogen-bond acceptors (Lipinski definition) is 5. The lowest BCUT2D eigenvalue weighted by Crippen LogP contribution is -2.38. The van der Waals surface area contributed by atoms with Crippen molar-refractivity contribution < 1.29 is 9.53 Å². The molecule has 0 atom stereocenters. The first-order chi connectivity index (χ1) is 15.1. The van der Waals surface area contributed by atoms with Gasteiger partial charge in [0.05, 0.1) is 19.2 Å². The fraction of sp³-hybridized carbons (Fsp3) is 0.375. The number of aromatic nitrogens is 3. The number of esters is 1. The summed E-state index contributed by atoms with van der Waals surface area (Å²) in [5.74, 6) is 0.749. The van der Waals surface area contributed by atoms with Crippen molar-refractivity contribution in [2.24, 2.45) is 5.92 Å². The van der Waals surface area contributed by atoms with Crippen molar-refractivity contribution in [3.05, 3.63) is 64.9 Å². The van der Waals surface area contributed by atoms with E-state index in [1.807, 2.05) is 34.4 Å². The quantitative estimate of drug-likeness (QED) is 0.417. The molecule has 2 aromatic carbocycles. The van der Waals surface area contributed by atoms with Gasteiger partial charge < -0.3 is 4.74 Å². The predicted octanol–water partition coefficient (Wildman–Crippen LogP) is 4.61. The van der Waals surface area contributed by atoms with Gasteiger partial charge in [-0.15, -0.1) is 5.10 Å². The topological polar surface area (TPSA) is 52.3 Å². The lowest BCUT2D eigenvalue weighted by atomic mass is 9.97. The number of piperidine rings is 1. The summed E-state index contributed by atoms with van der Waals surface area (Å²) in [5.41, 5.74) is 3.23. The van der Waals surface area contributed by atoms with Gasteiger partial charge in [0.1, 0.15) is 0 Å². The number of hydrogen-bond donors (Lipinski definition) is 0. The largest absolute Gasteiger partial charge is 0.466 e. The summed E-state index contributed by atoms with van der Waals surface area (Å²) < 4.78 is 9.77. The molecule has 162 valence electrons. The molecule has 0 aliphatic carbocycles. The van der Waals surface area contributed by atoms with Crippen LogP contribution in [-0.4, -0.2) is 44.9 Å². The van der Waals surface area contributed by atoms with E-state index in [2.05, 4.69) is 48.2 Å². The molecule has 6 nitrogen and oxygen atoms in total. The smallest absolute Gasteiger partial charge is 0.309 e. The van der Waals surface area contributed by atoms with E-state index in [4.69, 9.17) is 22.1 Å². The molecule has 0 amide bonds. The van der Waals surface area contributed by atoms with Crippen LogP contribution in [0.25, 0.3) is 17.1 Å². The SMILES string of the molecule is CCOC(=O)C1CCN(Cn2nc(-c3ccccc3)n(-c3ccc(C)cc3)c2=S)CC1. The van der Waals surface area contributed by atoms with Crippen LogP contribution in [-0.2, 0) is 16.2 Å². The number of aryl methyl sites for hydroxylation is 1. The minimum atomic E-state index is -0.0752. The van der Waals surface area contributed by atoms with Gasteiger partial charge in [0.15, 0.2) is 5.82 Å². The third-order valence-corrected chi connectivity index (χ3v) is 6.10. The molecule has 7 heteroatoms. The average molecular weight is 437 g/mol. The van der Waals surface area contributed by atoms with Gasteiger partial charge in [-0.3, -0.25) is 14.3 Å². The maximum Gasteiger partial charge on any atom is 0.309 e. The first kappa shape index (κ1) is 21.5. The highest BCUT2D eigenvalue weighted by molar-refractivity contribution is 7.71. The van der Waals surface area contributed by atoms with Crippen LogP contribution >= 0.6 is 12.2 Å². The van der Waals surface area contributed by atoms with Gasteiger partial charge in [-0.05, 0) is 51.0 Å². The number of likely N-dealkylation sites (tertiary alicyclic amines) is 1. The summed E-state index contributed by atoms with van der Waals surface area (Å²) >= 11 is 5.86. The summed E-state index contributed by atoms with van der Waals surface area (Å²) in [6.07, 6.45) is 1.60. The van der Waals surface area contributed by atoms with E-state index in [0.717, 1.165) is 43.0 Å². The Morgan fingerprint density at radius 2 is 1.77 bits per heavy atom. The number of carbonyl (C=O) groups is 1. The minimum absolute atomic E-state index is 0.00540. The maximum atomic E-state index is 12.0. The molecule has 1 aromatic heterocycles. The van der Waals surface area contributed by atoms with E-state index in [1.54, 1.807) is 0 Å². The summed E-state index contributed by atoms with van der Waals surface area (Å²) in [5, 5.41) is 4.90. The highest BCUT2D eigenvalue weighted by Gasteiger charge is 2.26. The molecule has 4 rings (SSSR count). The van der Waals surface area contributed by atoms with Crippen LogP contribution in [0.5, 0.6) is 0 Å². The van der Waals surface area contributed by atoms with Crippen LogP contribution in [0.15, 0.2) is 54.6 Å². The van der Waals surface area contributed by atoms with E-state index in [0.29, 0.717) is 18.0 Å². The van der Waals surface area contributed by atoms with Gasteiger partial charge in [0.2, 0.25) is 4.77 Å². The van der Waals surface area contributed by atoms with Gasteiger partial charge in [-0.25, -0.2) is 4.68 Å². The highest BCUT2D eigenvalue weighted by atomic mass is 32.1. The molecule has 0 bridgehead atoms. The Morgan fingerprint density at radius 3 is 2.42 bits per heavy atom. The molecule has 0 radical (unpaired) electrons. The van der Waals surface area contributed by atoms with Crippen molar-refractivity contribution >= 4 is 18.2 Å². The van der Waals surface area contributed by atoms with Gasteiger partial charge in [0.25, 0.3) is 0 Å². The van der Waals surface area contributed by atoms with Gasteiger partial charge in [0, 0.05) is 24.3 Å².